The van der Waals surface area contributed by atoms with Crippen LogP contribution in [0, 0.1) is 0 Å². The molecular weight excluding hydrogens is 268 g/mol. The summed E-state index contributed by atoms with van der Waals surface area (Å²) in [5.41, 5.74) is 2.10. The number of aryl methyl sites for hydroxylation is 1. The predicted octanol–water partition coefficient (Wildman–Crippen LogP) is 3.78. The average Bonchev–Trinajstić information content (AvgIpc) is 2.75. The SMILES string of the molecule is C=CCCc1ccccc1NC(=O)N1CCCSCC1. The van der Waals surface area contributed by atoms with Gasteiger partial charge in [-0.15, -0.1) is 6.58 Å². The normalized spacial score (nSPS) is 15.5. The summed E-state index contributed by atoms with van der Waals surface area (Å²) in [4.78, 5) is 14.3. The molecule has 1 fully saturated rings. The van der Waals surface area contributed by atoms with Crippen LogP contribution >= 0.6 is 11.8 Å². The topological polar surface area (TPSA) is 32.3 Å². The van der Waals surface area contributed by atoms with Crippen molar-refractivity contribution in [1.82, 2.24) is 4.90 Å². The Bertz CT molecular complexity index is 454. The van der Waals surface area contributed by atoms with E-state index in [-0.39, 0.29) is 6.03 Å². The van der Waals surface area contributed by atoms with Gasteiger partial charge in [-0.1, -0.05) is 24.3 Å². The van der Waals surface area contributed by atoms with Crippen molar-refractivity contribution in [3.63, 3.8) is 0 Å². The van der Waals surface area contributed by atoms with Gasteiger partial charge in [0.25, 0.3) is 0 Å². The standard InChI is InChI=1S/C16H22N2OS/c1-2-3-7-14-8-4-5-9-15(14)17-16(19)18-10-6-12-20-13-11-18/h2,4-5,8-9H,1,3,6-7,10-13H2,(H,17,19). The molecule has 1 aromatic rings. The summed E-state index contributed by atoms with van der Waals surface area (Å²) in [7, 11) is 0. The zero-order chi connectivity index (χ0) is 14.2. The van der Waals surface area contributed by atoms with E-state index in [2.05, 4.69) is 18.0 Å². The van der Waals surface area contributed by atoms with Gasteiger partial charge < -0.3 is 10.2 Å². The van der Waals surface area contributed by atoms with Crippen molar-refractivity contribution < 1.29 is 4.79 Å². The maximum Gasteiger partial charge on any atom is 0.321 e. The van der Waals surface area contributed by atoms with Crippen molar-refractivity contribution in [3.8, 4) is 0 Å². The van der Waals surface area contributed by atoms with E-state index in [1.165, 1.54) is 5.56 Å². The summed E-state index contributed by atoms with van der Waals surface area (Å²) >= 11 is 1.92. The van der Waals surface area contributed by atoms with Crippen molar-refractivity contribution in [3.05, 3.63) is 42.5 Å². The van der Waals surface area contributed by atoms with E-state index in [9.17, 15) is 4.79 Å². The number of carbonyl (C=O) groups excluding carboxylic acids is 1. The van der Waals surface area contributed by atoms with Crippen molar-refractivity contribution >= 4 is 23.5 Å². The summed E-state index contributed by atoms with van der Waals surface area (Å²) in [6, 6.07) is 8.04. The maximum atomic E-state index is 12.3. The molecule has 0 bridgehead atoms. The predicted molar refractivity (Wildman–Crippen MR) is 87.5 cm³/mol. The number of rotatable bonds is 4. The van der Waals surface area contributed by atoms with Crippen LogP contribution in [0.4, 0.5) is 10.5 Å². The van der Waals surface area contributed by atoms with Gasteiger partial charge in [-0.05, 0) is 36.6 Å². The minimum absolute atomic E-state index is 0.0264. The minimum atomic E-state index is 0.0264. The van der Waals surface area contributed by atoms with Crippen molar-refractivity contribution in [2.75, 3.05) is 29.9 Å². The van der Waals surface area contributed by atoms with Crippen molar-refractivity contribution in [2.24, 2.45) is 0 Å². The molecule has 20 heavy (non-hydrogen) atoms. The Hall–Kier alpha value is -1.42. The van der Waals surface area contributed by atoms with Gasteiger partial charge in [0.2, 0.25) is 0 Å². The smallest absolute Gasteiger partial charge is 0.321 e. The Morgan fingerprint density at radius 3 is 3.05 bits per heavy atom. The molecular formula is C16H22N2OS. The Kier molecular flexibility index (Phi) is 5.99. The number of allylic oxidation sites excluding steroid dienone is 1. The van der Waals surface area contributed by atoms with E-state index in [1.54, 1.807) is 0 Å². The lowest BCUT2D eigenvalue weighted by molar-refractivity contribution is 0.216. The van der Waals surface area contributed by atoms with Crippen LogP contribution in [0.5, 0.6) is 0 Å². The number of urea groups is 1. The summed E-state index contributed by atoms with van der Waals surface area (Å²) in [5, 5.41) is 3.06. The fourth-order valence-electron chi connectivity index (χ4n) is 2.26. The molecule has 0 saturated carbocycles. The number of anilines is 1. The number of benzene rings is 1. The van der Waals surface area contributed by atoms with Crippen LogP contribution in [0.15, 0.2) is 36.9 Å². The van der Waals surface area contributed by atoms with Crippen LogP contribution in [0.25, 0.3) is 0 Å². The second-order valence-electron chi connectivity index (χ2n) is 4.87. The first-order valence-electron chi connectivity index (χ1n) is 7.13. The lowest BCUT2D eigenvalue weighted by Gasteiger charge is -2.21. The van der Waals surface area contributed by atoms with E-state index in [0.29, 0.717) is 0 Å². The Balaban J connectivity index is 2.00. The van der Waals surface area contributed by atoms with Gasteiger partial charge in [0.05, 0.1) is 0 Å². The van der Waals surface area contributed by atoms with E-state index < -0.39 is 0 Å². The van der Waals surface area contributed by atoms with E-state index in [4.69, 9.17) is 0 Å². The molecule has 0 atom stereocenters. The molecule has 1 aliphatic heterocycles. The van der Waals surface area contributed by atoms with Gasteiger partial charge in [0.1, 0.15) is 0 Å². The maximum absolute atomic E-state index is 12.3. The van der Waals surface area contributed by atoms with Crippen molar-refractivity contribution in [1.29, 1.82) is 0 Å². The van der Waals surface area contributed by atoms with Crippen LogP contribution in [-0.4, -0.2) is 35.5 Å². The molecule has 2 amide bonds. The highest BCUT2D eigenvalue weighted by Crippen LogP contribution is 2.18. The van der Waals surface area contributed by atoms with E-state index in [0.717, 1.165) is 49.5 Å². The molecule has 108 valence electrons. The van der Waals surface area contributed by atoms with E-state index >= 15 is 0 Å². The molecule has 1 aromatic carbocycles. The number of hydrogen-bond donors (Lipinski definition) is 1. The molecule has 1 aliphatic rings. The Labute approximate surface area is 125 Å². The molecule has 0 radical (unpaired) electrons. The van der Waals surface area contributed by atoms with Gasteiger partial charge in [-0.25, -0.2) is 4.79 Å². The van der Waals surface area contributed by atoms with Gasteiger partial charge in [0.15, 0.2) is 0 Å². The molecule has 4 heteroatoms. The van der Waals surface area contributed by atoms with Crippen molar-refractivity contribution in [2.45, 2.75) is 19.3 Å². The van der Waals surface area contributed by atoms with Crippen LogP contribution in [0.3, 0.4) is 0 Å². The first-order valence-corrected chi connectivity index (χ1v) is 8.29. The number of carbonyl (C=O) groups is 1. The number of nitrogens with one attached hydrogen (secondary N) is 1. The molecule has 0 spiro atoms. The third kappa shape index (κ3) is 4.30. The van der Waals surface area contributed by atoms with Crippen LogP contribution < -0.4 is 5.32 Å². The monoisotopic (exact) mass is 290 g/mol. The van der Waals surface area contributed by atoms with Gasteiger partial charge in [0, 0.05) is 24.5 Å². The highest BCUT2D eigenvalue weighted by molar-refractivity contribution is 7.99. The van der Waals surface area contributed by atoms with Gasteiger partial charge in [-0.3, -0.25) is 0 Å². The molecule has 0 aliphatic carbocycles. The highest BCUT2D eigenvalue weighted by Gasteiger charge is 2.16. The molecule has 1 N–H and O–H groups in total. The van der Waals surface area contributed by atoms with Crippen LogP contribution in [0.1, 0.15) is 18.4 Å². The summed E-state index contributed by atoms with van der Waals surface area (Å²) in [5.74, 6) is 2.19. The number of thioether (sulfide) groups is 1. The second-order valence-corrected chi connectivity index (χ2v) is 6.09. The third-order valence-corrected chi connectivity index (χ3v) is 4.43. The molecule has 0 aromatic heterocycles. The summed E-state index contributed by atoms with van der Waals surface area (Å²) in [6.45, 7) is 5.45. The number of hydrogen-bond acceptors (Lipinski definition) is 2. The second kappa shape index (κ2) is 8.00. The van der Waals surface area contributed by atoms with Crippen LogP contribution in [-0.2, 0) is 6.42 Å². The quantitative estimate of drug-likeness (QED) is 0.856. The number of nitrogens with zero attached hydrogens (tertiary/aromatic N) is 1. The zero-order valence-electron chi connectivity index (χ0n) is 11.8. The fourth-order valence-corrected chi connectivity index (χ4v) is 3.15. The molecule has 1 heterocycles. The average molecular weight is 290 g/mol. The number of amides is 2. The summed E-state index contributed by atoms with van der Waals surface area (Å²) < 4.78 is 0. The largest absolute Gasteiger partial charge is 0.324 e. The van der Waals surface area contributed by atoms with Gasteiger partial charge in [-0.2, -0.15) is 11.8 Å². The molecule has 2 rings (SSSR count). The first-order chi connectivity index (χ1) is 9.81. The summed E-state index contributed by atoms with van der Waals surface area (Å²) in [6.07, 6.45) is 4.82. The Morgan fingerprint density at radius 2 is 2.20 bits per heavy atom. The lowest BCUT2D eigenvalue weighted by atomic mass is 10.1. The zero-order valence-corrected chi connectivity index (χ0v) is 12.6. The van der Waals surface area contributed by atoms with Gasteiger partial charge >= 0.3 is 6.03 Å². The van der Waals surface area contributed by atoms with Crippen LogP contribution in [0.2, 0.25) is 0 Å². The first kappa shape index (κ1) is 15.0. The molecule has 0 unspecified atom stereocenters. The van der Waals surface area contributed by atoms with E-state index in [1.807, 2.05) is 40.9 Å². The fraction of sp³-hybridized carbons (Fsp3) is 0.438. The Morgan fingerprint density at radius 1 is 1.35 bits per heavy atom. The molecule has 1 saturated heterocycles. The molecule has 3 nitrogen and oxygen atoms in total. The highest BCUT2D eigenvalue weighted by atomic mass is 32.2. The number of para-hydroxylation sites is 1. The lowest BCUT2D eigenvalue weighted by Crippen LogP contribution is -2.36. The minimum Gasteiger partial charge on any atom is -0.324 e. The third-order valence-electron chi connectivity index (χ3n) is 3.39.